The molecular formula is C18H18N4O2S. The average Bonchev–Trinajstić information content (AvgIpc) is 3.02. The van der Waals surface area contributed by atoms with Gasteiger partial charge >= 0.3 is 0 Å². The smallest absolute Gasteiger partial charge is 0.253 e. The molecule has 0 unspecified atom stereocenters. The predicted molar refractivity (Wildman–Crippen MR) is 95.6 cm³/mol. The fourth-order valence-corrected chi connectivity index (χ4v) is 3.72. The van der Waals surface area contributed by atoms with Crippen LogP contribution in [-0.2, 0) is 6.42 Å². The SMILES string of the molecule is CCSc1nc2nc3c(cn2n1)C(=O)C[C@H](c1ccc(OC)cc1)C3. The van der Waals surface area contributed by atoms with Crippen molar-refractivity contribution in [3.05, 3.63) is 47.3 Å². The molecule has 2 aromatic heterocycles. The van der Waals surface area contributed by atoms with Gasteiger partial charge in [-0.05, 0) is 35.8 Å². The number of methoxy groups -OCH3 is 1. The first-order valence-corrected chi connectivity index (χ1v) is 9.22. The lowest BCUT2D eigenvalue weighted by molar-refractivity contribution is 0.0962. The number of fused-ring (bicyclic) bond motifs is 2. The van der Waals surface area contributed by atoms with Crippen LogP contribution < -0.4 is 4.74 Å². The third-order valence-corrected chi connectivity index (χ3v) is 5.14. The van der Waals surface area contributed by atoms with Gasteiger partial charge in [-0.2, -0.15) is 4.98 Å². The summed E-state index contributed by atoms with van der Waals surface area (Å²) in [6.45, 7) is 2.05. The van der Waals surface area contributed by atoms with E-state index in [1.807, 2.05) is 24.3 Å². The summed E-state index contributed by atoms with van der Waals surface area (Å²) in [5.74, 6) is 2.51. The summed E-state index contributed by atoms with van der Waals surface area (Å²) in [5, 5.41) is 5.07. The maximum atomic E-state index is 12.6. The van der Waals surface area contributed by atoms with E-state index in [4.69, 9.17) is 4.74 Å². The molecule has 0 saturated heterocycles. The van der Waals surface area contributed by atoms with Crippen LogP contribution in [0, 0.1) is 0 Å². The Morgan fingerprint density at radius 1 is 1.24 bits per heavy atom. The normalized spacial score (nSPS) is 16.9. The topological polar surface area (TPSA) is 69.4 Å². The fourth-order valence-electron chi connectivity index (χ4n) is 3.17. The quantitative estimate of drug-likeness (QED) is 0.670. The first kappa shape index (κ1) is 16.1. The minimum atomic E-state index is 0.108. The van der Waals surface area contributed by atoms with Crippen molar-refractivity contribution in [2.24, 2.45) is 0 Å². The number of carbonyl (C=O) groups is 1. The summed E-state index contributed by atoms with van der Waals surface area (Å²) in [7, 11) is 1.65. The third-order valence-electron chi connectivity index (χ3n) is 4.42. The van der Waals surface area contributed by atoms with E-state index in [1.165, 1.54) is 0 Å². The van der Waals surface area contributed by atoms with Crippen LogP contribution in [0.1, 0.15) is 40.9 Å². The predicted octanol–water partition coefficient (Wildman–Crippen LogP) is 3.16. The first-order valence-electron chi connectivity index (χ1n) is 8.24. The van der Waals surface area contributed by atoms with Gasteiger partial charge in [-0.3, -0.25) is 4.79 Å². The van der Waals surface area contributed by atoms with E-state index >= 15 is 0 Å². The van der Waals surface area contributed by atoms with Gasteiger partial charge in [0.05, 0.1) is 18.4 Å². The Kier molecular flexibility index (Phi) is 4.17. The van der Waals surface area contributed by atoms with Gasteiger partial charge in [0.25, 0.3) is 5.78 Å². The molecule has 3 aromatic rings. The van der Waals surface area contributed by atoms with Crippen LogP contribution in [0.15, 0.2) is 35.6 Å². The lowest BCUT2D eigenvalue weighted by atomic mass is 9.82. The van der Waals surface area contributed by atoms with E-state index in [2.05, 4.69) is 22.0 Å². The van der Waals surface area contributed by atoms with Crippen molar-refractivity contribution in [1.29, 1.82) is 0 Å². The van der Waals surface area contributed by atoms with Crippen molar-refractivity contribution in [3.8, 4) is 5.75 Å². The second-order valence-corrected chi connectivity index (χ2v) is 7.21. The number of benzene rings is 1. The van der Waals surface area contributed by atoms with Crippen LogP contribution in [0.5, 0.6) is 5.75 Å². The molecule has 128 valence electrons. The highest BCUT2D eigenvalue weighted by Crippen LogP contribution is 2.32. The minimum absolute atomic E-state index is 0.108. The zero-order valence-electron chi connectivity index (χ0n) is 14.1. The molecule has 7 heteroatoms. The lowest BCUT2D eigenvalue weighted by Crippen LogP contribution is -2.21. The van der Waals surface area contributed by atoms with E-state index in [0.29, 0.717) is 22.9 Å². The van der Waals surface area contributed by atoms with Gasteiger partial charge in [0.1, 0.15) is 5.75 Å². The van der Waals surface area contributed by atoms with Crippen molar-refractivity contribution in [2.45, 2.75) is 30.8 Å². The summed E-state index contributed by atoms with van der Waals surface area (Å²) in [5.41, 5.74) is 2.60. The van der Waals surface area contributed by atoms with Crippen LogP contribution >= 0.6 is 11.8 Å². The van der Waals surface area contributed by atoms with Gasteiger partial charge in [-0.25, -0.2) is 9.50 Å². The number of hydrogen-bond donors (Lipinski definition) is 0. The average molecular weight is 354 g/mol. The highest BCUT2D eigenvalue weighted by molar-refractivity contribution is 7.99. The number of rotatable bonds is 4. The standard InChI is InChI=1S/C18H18N4O2S/c1-3-25-18-20-17-19-15-8-12(11-4-6-13(24-2)7-5-11)9-16(23)14(15)10-22(17)21-18/h4-7,10,12H,3,8-9H2,1-2H3/t12-/m1/s1. The molecule has 4 rings (SSSR count). The van der Waals surface area contributed by atoms with E-state index in [-0.39, 0.29) is 11.7 Å². The molecule has 0 radical (unpaired) electrons. The van der Waals surface area contributed by atoms with Crippen molar-refractivity contribution in [1.82, 2.24) is 19.6 Å². The Bertz CT molecular complexity index is 936. The second-order valence-electron chi connectivity index (χ2n) is 5.97. The molecule has 0 spiro atoms. The molecule has 0 amide bonds. The molecule has 1 aliphatic rings. The maximum Gasteiger partial charge on any atom is 0.253 e. The highest BCUT2D eigenvalue weighted by atomic mass is 32.2. The molecule has 0 N–H and O–H groups in total. The lowest BCUT2D eigenvalue weighted by Gasteiger charge is -2.23. The fraction of sp³-hybridized carbons (Fsp3) is 0.333. The summed E-state index contributed by atoms with van der Waals surface area (Å²) < 4.78 is 6.82. The number of ketones is 1. The highest BCUT2D eigenvalue weighted by Gasteiger charge is 2.28. The van der Waals surface area contributed by atoms with E-state index in [9.17, 15) is 4.79 Å². The van der Waals surface area contributed by atoms with E-state index in [1.54, 1.807) is 29.6 Å². The van der Waals surface area contributed by atoms with Gasteiger partial charge in [0.15, 0.2) is 5.78 Å². The van der Waals surface area contributed by atoms with Crippen LogP contribution in [0.3, 0.4) is 0 Å². The van der Waals surface area contributed by atoms with Crippen molar-refractivity contribution >= 4 is 23.3 Å². The van der Waals surface area contributed by atoms with Gasteiger partial charge in [0.2, 0.25) is 5.16 Å². The number of carbonyl (C=O) groups excluding carboxylic acids is 1. The second kappa shape index (κ2) is 6.48. The Hall–Kier alpha value is -2.41. The zero-order valence-corrected chi connectivity index (χ0v) is 14.9. The number of ether oxygens (including phenoxy) is 1. The summed E-state index contributed by atoms with van der Waals surface area (Å²) in [6, 6.07) is 7.90. The first-order chi connectivity index (χ1) is 12.2. The van der Waals surface area contributed by atoms with Crippen molar-refractivity contribution < 1.29 is 9.53 Å². The molecule has 1 aliphatic carbocycles. The molecule has 6 nitrogen and oxygen atoms in total. The zero-order chi connectivity index (χ0) is 17.4. The largest absolute Gasteiger partial charge is 0.497 e. The summed E-state index contributed by atoms with van der Waals surface area (Å²) >= 11 is 1.57. The van der Waals surface area contributed by atoms with Crippen LogP contribution in [0.25, 0.3) is 5.78 Å². The molecule has 2 heterocycles. The van der Waals surface area contributed by atoms with E-state index in [0.717, 1.165) is 29.2 Å². The molecule has 1 aromatic carbocycles. The number of thioether (sulfide) groups is 1. The molecule has 0 aliphatic heterocycles. The Labute approximate surface area is 149 Å². The Morgan fingerprint density at radius 3 is 2.76 bits per heavy atom. The molecule has 25 heavy (non-hydrogen) atoms. The van der Waals surface area contributed by atoms with Gasteiger partial charge in [-0.1, -0.05) is 30.8 Å². The summed E-state index contributed by atoms with van der Waals surface area (Å²) in [4.78, 5) is 21.7. The van der Waals surface area contributed by atoms with Crippen LogP contribution in [-0.4, -0.2) is 38.2 Å². The monoisotopic (exact) mass is 354 g/mol. The Morgan fingerprint density at radius 2 is 2.04 bits per heavy atom. The van der Waals surface area contributed by atoms with Crippen molar-refractivity contribution in [2.75, 3.05) is 12.9 Å². The number of Topliss-reactive ketones (excluding diaryl/α,β-unsaturated/α-hetero) is 1. The van der Waals surface area contributed by atoms with Gasteiger partial charge in [0, 0.05) is 12.6 Å². The summed E-state index contributed by atoms with van der Waals surface area (Å²) in [6.07, 6.45) is 2.99. The van der Waals surface area contributed by atoms with Gasteiger partial charge in [-0.15, -0.1) is 5.10 Å². The Balaban J connectivity index is 1.68. The molecule has 0 saturated carbocycles. The van der Waals surface area contributed by atoms with Crippen LogP contribution in [0.2, 0.25) is 0 Å². The van der Waals surface area contributed by atoms with Gasteiger partial charge < -0.3 is 4.74 Å². The molecule has 0 fully saturated rings. The number of aromatic nitrogens is 4. The van der Waals surface area contributed by atoms with Crippen molar-refractivity contribution in [3.63, 3.8) is 0 Å². The molecular weight excluding hydrogens is 336 g/mol. The third kappa shape index (κ3) is 3.00. The van der Waals surface area contributed by atoms with E-state index < -0.39 is 0 Å². The number of hydrogen-bond acceptors (Lipinski definition) is 6. The molecule has 1 atom stereocenters. The maximum absolute atomic E-state index is 12.6. The molecule has 0 bridgehead atoms. The minimum Gasteiger partial charge on any atom is -0.497 e. The van der Waals surface area contributed by atoms with Crippen LogP contribution in [0.4, 0.5) is 0 Å². The number of nitrogens with zero attached hydrogens (tertiary/aromatic N) is 4.